The number of carbonyl (C=O) groups excluding carboxylic acids is 1. The highest BCUT2D eigenvalue weighted by atomic mass is 16.4. The summed E-state index contributed by atoms with van der Waals surface area (Å²) in [6, 6.07) is 6.96. The fourth-order valence-electron chi connectivity index (χ4n) is 1.90. The number of carboxylic acids is 1. The predicted octanol–water partition coefficient (Wildman–Crippen LogP) is 3.25. The number of hydrogen-bond acceptors (Lipinski definition) is 2. The Hall–Kier alpha value is -1.84. The smallest absolute Gasteiger partial charge is 0.310 e. The Bertz CT molecular complexity index is 435. The van der Waals surface area contributed by atoms with Gasteiger partial charge >= 0.3 is 5.97 Å². The van der Waals surface area contributed by atoms with Crippen molar-refractivity contribution < 1.29 is 14.7 Å². The van der Waals surface area contributed by atoms with Gasteiger partial charge in [-0.1, -0.05) is 26.0 Å². The molecule has 0 saturated heterocycles. The van der Waals surface area contributed by atoms with Gasteiger partial charge in [-0.3, -0.25) is 9.59 Å². The molecular formula is C15H21NO3. The van der Waals surface area contributed by atoms with Gasteiger partial charge in [-0.05, 0) is 37.5 Å². The van der Waals surface area contributed by atoms with Crippen LogP contribution in [0.15, 0.2) is 24.3 Å². The summed E-state index contributed by atoms with van der Waals surface area (Å²) in [5.74, 6) is -1.35. The number of hydrogen-bond donors (Lipinski definition) is 2. The molecule has 2 N–H and O–H groups in total. The average Bonchev–Trinajstić information content (AvgIpc) is 2.40. The summed E-state index contributed by atoms with van der Waals surface area (Å²) >= 11 is 0. The molecule has 0 heterocycles. The lowest BCUT2D eigenvalue weighted by Crippen LogP contribution is -2.21. The molecule has 104 valence electrons. The maximum atomic E-state index is 11.9. The number of aliphatic carboxylic acids is 1. The van der Waals surface area contributed by atoms with Crippen molar-refractivity contribution >= 4 is 17.6 Å². The molecule has 0 spiro atoms. The van der Waals surface area contributed by atoms with Crippen LogP contribution in [0, 0.1) is 5.92 Å². The molecule has 0 aromatic heterocycles. The van der Waals surface area contributed by atoms with E-state index >= 15 is 0 Å². The molecule has 1 rings (SSSR count). The number of carbonyl (C=O) groups is 2. The van der Waals surface area contributed by atoms with Crippen LogP contribution in [0.5, 0.6) is 0 Å². The second-order valence-electron chi connectivity index (χ2n) is 4.68. The third-order valence-corrected chi connectivity index (χ3v) is 3.41. The van der Waals surface area contributed by atoms with E-state index < -0.39 is 11.9 Å². The zero-order valence-corrected chi connectivity index (χ0v) is 11.6. The second-order valence-corrected chi connectivity index (χ2v) is 4.68. The number of anilines is 1. The summed E-state index contributed by atoms with van der Waals surface area (Å²) in [6.45, 7) is 5.62. The fraction of sp³-hybridized carbons (Fsp3) is 0.467. The molecule has 1 aromatic rings. The van der Waals surface area contributed by atoms with Crippen LogP contribution in [0.25, 0.3) is 0 Å². The first kappa shape index (κ1) is 15.2. The number of carboxylic acid groups (broad SMARTS) is 1. The lowest BCUT2D eigenvalue weighted by atomic mass is 10.0. The fourth-order valence-corrected chi connectivity index (χ4v) is 1.90. The molecule has 0 aliphatic rings. The summed E-state index contributed by atoms with van der Waals surface area (Å²) < 4.78 is 0. The molecule has 4 nitrogen and oxygen atoms in total. The van der Waals surface area contributed by atoms with Crippen LogP contribution >= 0.6 is 0 Å². The third-order valence-electron chi connectivity index (χ3n) is 3.41. The molecule has 1 amide bonds. The van der Waals surface area contributed by atoms with Crippen LogP contribution < -0.4 is 5.32 Å². The Morgan fingerprint density at radius 1 is 1.16 bits per heavy atom. The Morgan fingerprint density at radius 3 is 2.11 bits per heavy atom. The van der Waals surface area contributed by atoms with Gasteiger partial charge in [0.1, 0.15) is 0 Å². The summed E-state index contributed by atoms with van der Waals surface area (Å²) in [4.78, 5) is 22.8. The number of amides is 1. The van der Waals surface area contributed by atoms with E-state index in [0.717, 1.165) is 18.4 Å². The Kier molecular flexibility index (Phi) is 5.55. The quantitative estimate of drug-likeness (QED) is 0.828. The first-order valence-electron chi connectivity index (χ1n) is 6.63. The minimum Gasteiger partial charge on any atom is -0.481 e. The van der Waals surface area contributed by atoms with E-state index in [-0.39, 0.29) is 11.8 Å². The van der Waals surface area contributed by atoms with Gasteiger partial charge in [0.05, 0.1) is 5.92 Å². The van der Waals surface area contributed by atoms with Crippen molar-refractivity contribution in [2.24, 2.45) is 5.92 Å². The largest absolute Gasteiger partial charge is 0.481 e. The van der Waals surface area contributed by atoms with Gasteiger partial charge in [-0.2, -0.15) is 0 Å². The van der Waals surface area contributed by atoms with Crippen molar-refractivity contribution in [3.8, 4) is 0 Å². The van der Waals surface area contributed by atoms with Gasteiger partial charge in [-0.15, -0.1) is 0 Å². The van der Waals surface area contributed by atoms with E-state index in [1.54, 1.807) is 31.2 Å². The van der Waals surface area contributed by atoms with Gasteiger partial charge in [0.15, 0.2) is 0 Å². The molecular weight excluding hydrogens is 242 g/mol. The monoisotopic (exact) mass is 263 g/mol. The minimum atomic E-state index is -0.853. The van der Waals surface area contributed by atoms with Crippen LogP contribution in [-0.2, 0) is 9.59 Å². The highest BCUT2D eigenvalue weighted by molar-refractivity contribution is 5.92. The van der Waals surface area contributed by atoms with Gasteiger partial charge in [0, 0.05) is 11.6 Å². The van der Waals surface area contributed by atoms with Gasteiger partial charge in [0.2, 0.25) is 5.91 Å². The number of rotatable bonds is 6. The highest BCUT2D eigenvalue weighted by Crippen LogP contribution is 2.19. The molecule has 19 heavy (non-hydrogen) atoms. The minimum absolute atomic E-state index is 0.0176. The van der Waals surface area contributed by atoms with Gasteiger partial charge in [-0.25, -0.2) is 0 Å². The van der Waals surface area contributed by atoms with Crippen molar-refractivity contribution in [3.63, 3.8) is 0 Å². The normalized spacial score (nSPS) is 12.2. The summed E-state index contributed by atoms with van der Waals surface area (Å²) in [7, 11) is 0. The van der Waals surface area contributed by atoms with Crippen LogP contribution in [0.3, 0.4) is 0 Å². The first-order chi connectivity index (χ1) is 8.99. The topological polar surface area (TPSA) is 66.4 Å². The van der Waals surface area contributed by atoms with Crippen LogP contribution in [0.2, 0.25) is 0 Å². The maximum Gasteiger partial charge on any atom is 0.310 e. The van der Waals surface area contributed by atoms with E-state index in [2.05, 4.69) is 5.32 Å². The van der Waals surface area contributed by atoms with Crippen LogP contribution in [0.1, 0.15) is 45.1 Å². The first-order valence-corrected chi connectivity index (χ1v) is 6.63. The molecule has 0 fully saturated rings. The Labute approximate surface area is 113 Å². The second kappa shape index (κ2) is 6.92. The zero-order chi connectivity index (χ0) is 14.4. The molecule has 1 atom stereocenters. The Balaban J connectivity index is 2.72. The van der Waals surface area contributed by atoms with Crippen molar-refractivity contribution in [2.75, 3.05) is 5.32 Å². The molecule has 0 aliphatic carbocycles. The van der Waals surface area contributed by atoms with Crippen LogP contribution in [-0.4, -0.2) is 17.0 Å². The van der Waals surface area contributed by atoms with Gasteiger partial charge < -0.3 is 10.4 Å². The molecule has 0 bridgehead atoms. The maximum absolute atomic E-state index is 11.9. The molecule has 0 aliphatic heterocycles. The van der Waals surface area contributed by atoms with Crippen molar-refractivity contribution in [1.82, 2.24) is 0 Å². The van der Waals surface area contributed by atoms with E-state index in [4.69, 9.17) is 5.11 Å². The van der Waals surface area contributed by atoms with Crippen molar-refractivity contribution in [3.05, 3.63) is 29.8 Å². The average molecular weight is 263 g/mol. The number of benzene rings is 1. The zero-order valence-electron chi connectivity index (χ0n) is 11.6. The van der Waals surface area contributed by atoms with Crippen molar-refractivity contribution in [1.29, 1.82) is 0 Å². The SMILES string of the molecule is CCC(CC)C(=O)Nc1ccc(C(C)C(=O)O)cc1. The predicted molar refractivity (Wildman–Crippen MR) is 75.2 cm³/mol. The van der Waals surface area contributed by atoms with E-state index in [0.29, 0.717) is 5.69 Å². The lowest BCUT2D eigenvalue weighted by molar-refractivity contribution is -0.138. The van der Waals surface area contributed by atoms with Crippen LogP contribution in [0.4, 0.5) is 5.69 Å². The molecule has 1 aromatic carbocycles. The molecule has 0 saturated carbocycles. The summed E-state index contributed by atoms with van der Waals surface area (Å²) in [5.41, 5.74) is 1.44. The Morgan fingerprint density at radius 2 is 1.68 bits per heavy atom. The molecule has 0 radical (unpaired) electrons. The highest BCUT2D eigenvalue weighted by Gasteiger charge is 2.15. The summed E-state index contributed by atoms with van der Waals surface area (Å²) in [6.07, 6.45) is 1.63. The van der Waals surface area contributed by atoms with E-state index in [1.165, 1.54) is 0 Å². The van der Waals surface area contributed by atoms with E-state index in [1.807, 2.05) is 13.8 Å². The third kappa shape index (κ3) is 4.09. The lowest BCUT2D eigenvalue weighted by Gasteiger charge is -2.13. The van der Waals surface area contributed by atoms with E-state index in [9.17, 15) is 9.59 Å². The number of nitrogens with one attached hydrogen (secondary N) is 1. The molecule has 1 unspecified atom stereocenters. The van der Waals surface area contributed by atoms with Gasteiger partial charge in [0.25, 0.3) is 0 Å². The molecule has 4 heteroatoms. The summed E-state index contributed by atoms with van der Waals surface area (Å²) in [5, 5.41) is 11.8. The van der Waals surface area contributed by atoms with Crippen molar-refractivity contribution in [2.45, 2.75) is 39.5 Å². The standard InChI is InChI=1S/C15H21NO3/c1-4-11(5-2)14(17)16-13-8-6-12(7-9-13)10(3)15(18)19/h6-11H,4-5H2,1-3H3,(H,16,17)(H,18,19).